The zero-order chi connectivity index (χ0) is 14.5. The van der Waals surface area contributed by atoms with E-state index in [4.69, 9.17) is 0 Å². The lowest BCUT2D eigenvalue weighted by Crippen LogP contribution is -1.92. The molecule has 2 rings (SSSR count). The van der Waals surface area contributed by atoms with Gasteiger partial charge < -0.3 is 0 Å². The van der Waals surface area contributed by atoms with Gasteiger partial charge in [0.25, 0.3) is 0 Å². The van der Waals surface area contributed by atoms with Crippen molar-refractivity contribution in [2.45, 2.75) is 53.4 Å². The molecule has 0 amide bonds. The molecule has 0 aromatic heterocycles. The second-order valence-corrected chi connectivity index (χ2v) is 6.20. The summed E-state index contributed by atoms with van der Waals surface area (Å²) in [6, 6.07) is 13.8. The monoisotopic (exact) mass is 266 g/mol. The minimum absolute atomic E-state index is 1.20. The van der Waals surface area contributed by atoms with Gasteiger partial charge >= 0.3 is 0 Å². The molecule has 0 radical (unpaired) electrons. The summed E-state index contributed by atoms with van der Waals surface area (Å²) in [5.74, 6) is 0. The van der Waals surface area contributed by atoms with Gasteiger partial charge in [0.1, 0.15) is 0 Å². The highest BCUT2D eigenvalue weighted by Gasteiger charge is 1.99. The summed E-state index contributed by atoms with van der Waals surface area (Å²) in [5.41, 5.74) is 8.51. The molecular weight excluding hydrogens is 240 g/mol. The van der Waals surface area contributed by atoms with Crippen LogP contribution in [0.25, 0.3) is 0 Å². The summed E-state index contributed by atoms with van der Waals surface area (Å²) in [7, 11) is 0. The van der Waals surface area contributed by atoms with Crippen molar-refractivity contribution in [1.82, 2.24) is 0 Å². The molecule has 0 aliphatic rings. The van der Waals surface area contributed by atoms with Gasteiger partial charge in [0.05, 0.1) is 0 Å². The van der Waals surface area contributed by atoms with Crippen molar-refractivity contribution in [2.75, 3.05) is 0 Å². The molecule has 106 valence electrons. The molecule has 0 N–H and O–H groups in total. The molecule has 0 fully saturated rings. The van der Waals surface area contributed by atoms with Crippen LogP contribution in [0.15, 0.2) is 36.4 Å². The maximum Gasteiger partial charge on any atom is -0.0279 e. The Balaban J connectivity index is 1.84. The quantitative estimate of drug-likeness (QED) is 0.628. The van der Waals surface area contributed by atoms with E-state index in [0.29, 0.717) is 0 Å². The Morgan fingerprint density at radius 2 is 0.800 bits per heavy atom. The van der Waals surface area contributed by atoms with E-state index in [1.807, 2.05) is 0 Å². The van der Waals surface area contributed by atoms with Crippen molar-refractivity contribution in [2.24, 2.45) is 0 Å². The molecule has 0 heteroatoms. The maximum atomic E-state index is 2.32. The Kier molecular flexibility index (Phi) is 5.00. The van der Waals surface area contributed by atoms with Crippen LogP contribution < -0.4 is 0 Å². The molecule has 0 spiro atoms. The Morgan fingerprint density at radius 1 is 0.500 bits per heavy atom. The van der Waals surface area contributed by atoms with Crippen LogP contribution in [0.5, 0.6) is 0 Å². The summed E-state index contributed by atoms with van der Waals surface area (Å²) < 4.78 is 0. The lowest BCUT2D eigenvalue weighted by Gasteiger charge is -2.07. The zero-order valence-corrected chi connectivity index (χ0v) is 13.3. The SMILES string of the molecule is Cc1cc(C)cc(CCCCc2cc(C)cc(C)c2)c1. The summed E-state index contributed by atoms with van der Waals surface area (Å²) in [4.78, 5) is 0. The van der Waals surface area contributed by atoms with Crippen LogP contribution in [0.1, 0.15) is 46.2 Å². The van der Waals surface area contributed by atoms with Crippen molar-refractivity contribution in [1.29, 1.82) is 0 Å². The topological polar surface area (TPSA) is 0 Å². The van der Waals surface area contributed by atoms with Crippen molar-refractivity contribution in [3.8, 4) is 0 Å². The van der Waals surface area contributed by atoms with E-state index in [9.17, 15) is 0 Å². The number of unbranched alkanes of at least 4 members (excludes halogenated alkanes) is 1. The number of aryl methyl sites for hydroxylation is 6. The van der Waals surface area contributed by atoms with Crippen molar-refractivity contribution in [3.63, 3.8) is 0 Å². The van der Waals surface area contributed by atoms with Crippen LogP contribution in [-0.2, 0) is 12.8 Å². The number of hydrogen-bond acceptors (Lipinski definition) is 0. The Bertz CT molecular complexity index is 485. The Labute approximate surface area is 123 Å². The molecule has 0 saturated heterocycles. The van der Waals surface area contributed by atoms with Gasteiger partial charge in [-0.1, -0.05) is 58.7 Å². The fraction of sp³-hybridized carbons (Fsp3) is 0.400. The first-order valence-corrected chi connectivity index (χ1v) is 7.67. The molecule has 0 heterocycles. The van der Waals surface area contributed by atoms with Gasteiger partial charge in [-0.2, -0.15) is 0 Å². The van der Waals surface area contributed by atoms with Crippen LogP contribution in [0.2, 0.25) is 0 Å². The summed E-state index contributed by atoms with van der Waals surface area (Å²) in [6.07, 6.45) is 4.95. The average molecular weight is 266 g/mol. The van der Waals surface area contributed by atoms with Gasteiger partial charge in [-0.15, -0.1) is 0 Å². The molecule has 0 bridgehead atoms. The van der Waals surface area contributed by atoms with E-state index in [1.165, 1.54) is 59.1 Å². The van der Waals surface area contributed by atoms with Gasteiger partial charge in [0.15, 0.2) is 0 Å². The van der Waals surface area contributed by atoms with Crippen LogP contribution in [-0.4, -0.2) is 0 Å². The standard InChI is InChI=1S/C20H26/c1-15-9-16(2)12-19(11-15)7-5-6-8-20-13-17(3)10-18(4)14-20/h9-14H,5-8H2,1-4H3. The second-order valence-electron chi connectivity index (χ2n) is 6.20. The highest BCUT2D eigenvalue weighted by molar-refractivity contribution is 5.29. The van der Waals surface area contributed by atoms with Crippen LogP contribution >= 0.6 is 0 Å². The first kappa shape index (κ1) is 14.8. The molecule has 0 saturated carbocycles. The zero-order valence-electron chi connectivity index (χ0n) is 13.3. The van der Waals surface area contributed by atoms with Crippen molar-refractivity contribution < 1.29 is 0 Å². The lowest BCUT2D eigenvalue weighted by molar-refractivity contribution is 0.733. The molecular formula is C20H26. The first-order chi connectivity index (χ1) is 9.52. The lowest BCUT2D eigenvalue weighted by atomic mass is 9.99. The number of benzene rings is 2. The Morgan fingerprint density at radius 3 is 1.10 bits per heavy atom. The normalized spacial score (nSPS) is 10.8. The summed E-state index contributed by atoms with van der Waals surface area (Å²) in [6.45, 7) is 8.75. The largest absolute Gasteiger partial charge is 0.0564 e. The maximum absolute atomic E-state index is 2.32. The fourth-order valence-electron chi connectivity index (χ4n) is 3.08. The van der Waals surface area contributed by atoms with E-state index < -0.39 is 0 Å². The third kappa shape index (κ3) is 4.52. The van der Waals surface area contributed by atoms with Gasteiger partial charge in [-0.05, 0) is 64.5 Å². The van der Waals surface area contributed by atoms with E-state index in [1.54, 1.807) is 0 Å². The Hall–Kier alpha value is -1.56. The van der Waals surface area contributed by atoms with E-state index in [0.717, 1.165) is 0 Å². The molecule has 0 aliphatic carbocycles. The third-order valence-corrected chi connectivity index (χ3v) is 3.74. The van der Waals surface area contributed by atoms with E-state index in [-0.39, 0.29) is 0 Å². The second kappa shape index (κ2) is 6.74. The van der Waals surface area contributed by atoms with Crippen LogP contribution in [0.4, 0.5) is 0 Å². The number of rotatable bonds is 5. The van der Waals surface area contributed by atoms with Crippen molar-refractivity contribution >= 4 is 0 Å². The summed E-state index contributed by atoms with van der Waals surface area (Å²) >= 11 is 0. The van der Waals surface area contributed by atoms with Crippen LogP contribution in [0, 0.1) is 27.7 Å². The minimum Gasteiger partial charge on any atom is -0.0564 e. The van der Waals surface area contributed by atoms with Gasteiger partial charge in [-0.3, -0.25) is 0 Å². The van der Waals surface area contributed by atoms with E-state index >= 15 is 0 Å². The van der Waals surface area contributed by atoms with Gasteiger partial charge in [-0.25, -0.2) is 0 Å². The predicted octanol–water partition coefficient (Wildman–Crippen LogP) is 5.49. The highest BCUT2D eigenvalue weighted by Crippen LogP contribution is 2.15. The average Bonchev–Trinajstić information content (AvgIpc) is 2.32. The molecule has 2 aromatic rings. The van der Waals surface area contributed by atoms with Gasteiger partial charge in [0, 0.05) is 0 Å². The smallest absolute Gasteiger partial charge is 0.0279 e. The third-order valence-electron chi connectivity index (χ3n) is 3.74. The molecule has 0 unspecified atom stereocenters. The highest BCUT2D eigenvalue weighted by atomic mass is 14.0. The first-order valence-electron chi connectivity index (χ1n) is 7.67. The minimum atomic E-state index is 1.20. The number of hydrogen-bond donors (Lipinski definition) is 0. The molecule has 2 aromatic carbocycles. The van der Waals surface area contributed by atoms with Crippen LogP contribution in [0.3, 0.4) is 0 Å². The molecule has 0 nitrogen and oxygen atoms in total. The molecule has 0 aliphatic heterocycles. The van der Waals surface area contributed by atoms with Crippen molar-refractivity contribution in [3.05, 3.63) is 69.8 Å². The predicted molar refractivity (Wildman–Crippen MR) is 88.5 cm³/mol. The van der Waals surface area contributed by atoms with Gasteiger partial charge in [0.2, 0.25) is 0 Å². The fourth-order valence-corrected chi connectivity index (χ4v) is 3.08. The molecule has 20 heavy (non-hydrogen) atoms. The molecule has 0 atom stereocenters. The summed E-state index contributed by atoms with van der Waals surface area (Å²) in [5, 5.41) is 0. The van der Waals surface area contributed by atoms with E-state index in [2.05, 4.69) is 64.1 Å².